The van der Waals surface area contributed by atoms with Gasteiger partial charge >= 0.3 is 12.5 Å². The zero-order valence-corrected chi connectivity index (χ0v) is 23.7. The predicted octanol–water partition coefficient (Wildman–Crippen LogP) is 11.2. The number of rotatable bonds is 8. The van der Waals surface area contributed by atoms with Crippen molar-refractivity contribution in [3.05, 3.63) is 120 Å². The first-order chi connectivity index (χ1) is 21.6. The van der Waals surface area contributed by atoms with Crippen molar-refractivity contribution in [2.75, 3.05) is 0 Å². The Kier molecular flexibility index (Phi) is 9.10. The van der Waals surface area contributed by atoms with Gasteiger partial charge < -0.3 is 9.47 Å². The van der Waals surface area contributed by atoms with Crippen molar-refractivity contribution < 1.29 is 53.4 Å². The van der Waals surface area contributed by atoms with Gasteiger partial charge in [-0.2, -0.15) is 8.78 Å². The molecule has 1 aliphatic rings. The average Bonchev–Trinajstić information content (AvgIpc) is 2.97. The Morgan fingerprint density at radius 2 is 1.20 bits per heavy atom. The molecular weight excluding hydrogens is 630 g/mol. The van der Waals surface area contributed by atoms with Gasteiger partial charge in [0.2, 0.25) is 0 Å². The Labute approximate surface area is 256 Å². The molecule has 12 heteroatoms. The molecule has 0 heterocycles. The van der Waals surface area contributed by atoms with Gasteiger partial charge in [-0.15, -0.1) is 19.8 Å². The Bertz CT molecular complexity index is 1730. The van der Waals surface area contributed by atoms with E-state index in [0.717, 1.165) is 43.4 Å². The summed E-state index contributed by atoms with van der Waals surface area (Å²) >= 11 is 0. The zero-order valence-electron chi connectivity index (χ0n) is 23.7. The standard InChI is InChI=1S/C34H24F10O2/c1-2-18-3-5-19(6-4-18)20-7-10-24(26(35)13-20)21-8-11-25(27(36)14-21)22-15-29(38)32(30(39)16-22)33(40,41)45-23-9-12-31(28(37)17-23)46-34(42,43)44/h2,7-19H,1,3-6H2. The highest BCUT2D eigenvalue weighted by atomic mass is 19.4. The molecule has 0 spiro atoms. The van der Waals surface area contributed by atoms with Gasteiger partial charge in [0.15, 0.2) is 11.6 Å². The highest BCUT2D eigenvalue weighted by Gasteiger charge is 2.42. The van der Waals surface area contributed by atoms with Crippen molar-refractivity contribution in [2.45, 2.75) is 44.1 Å². The molecule has 0 radical (unpaired) electrons. The van der Waals surface area contributed by atoms with E-state index in [9.17, 15) is 35.1 Å². The van der Waals surface area contributed by atoms with Crippen molar-refractivity contribution in [1.29, 1.82) is 0 Å². The Balaban J connectivity index is 1.36. The van der Waals surface area contributed by atoms with E-state index in [4.69, 9.17) is 0 Å². The Hall–Kier alpha value is -4.48. The molecule has 5 rings (SSSR count). The van der Waals surface area contributed by atoms with E-state index in [1.807, 2.05) is 6.08 Å². The molecule has 46 heavy (non-hydrogen) atoms. The molecule has 4 aromatic rings. The monoisotopic (exact) mass is 654 g/mol. The maximum absolute atomic E-state index is 15.2. The van der Waals surface area contributed by atoms with Crippen LogP contribution in [-0.4, -0.2) is 6.36 Å². The van der Waals surface area contributed by atoms with Crippen LogP contribution in [0.5, 0.6) is 11.5 Å². The Morgan fingerprint density at radius 3 is 1.76 bits per heavy atom. The summed E-state index contributed by atoms with van der Waals surface area (Å²) < 4.78 is 148. The quantitative estimate of drug-likeness (QED) is 0.139. The Morgan fingerprint density at radius 1 is 0.609 bits per heavy atom. The lowest BCUT2D eigenvalue weighted by molar-refractivity contribution is -0.275. The molecule has 0 unspecified atom stereocenters. The fourth-order valence-corrected chi connectivity index (χ4v) is 5.58. The molecule has 0 atom stereocenters. The summed E-state index contributed by atoms with van der Waals surface area (Å²) in [6.07, 6.45) is -4.45. The van der Waals surface area contributed by atoms with Crippen molar-refractivity contribution in [3.8, 4) is 33.8 Å². The van der Waals surface area contributed by atoms with Gasteiger partial charge in [-0.25, -0.2) is 22.0 Å². The molecule has 2 nitrogen and oxygen atoms in total. The lowest BCUT2D eigenvalue weighted by Gasteiger charge is -2.27. The van der Waals surface area contributed by atoms with Gasteiger partial charge in [0.1, 0.15) is 34.6 Å². The van der Waals surface area contributed by atoms with Gasteiger partial charge in [-0.1, -0.05) is 30.3 Å². The fourth-order valence-electron chi connectivity index (χ4n) is 5.58. The van der Waals surface area contributed by atoms with Crippen LogP contribution in [0.15, 0.2) is 79.4 Å². The third-order valence-electron chi connectivity index (χ3n) is 7.87. The molecule has 1 aliphatic carbocycles. The summed E-state index contributed by atoms with van der Waals surface area (Å²) in [6, 6.07) is 9.85. The largest absolute Gasteiger partial charge is 0.573 e. The van der Waals surface area contributed by atoms with Crippen LogP contribution in [-0.2, 0) is 6.11 Å². The minimum atomic E-state index is -5.27. The van der Waals surface area contributed by atoms with E-state index in [0.29, 0.717) is 30.2 Å². The van der Waals surface area contributed by atoms with Crippen LogP contribution in [0.2, 0.25) is 0 Å². The maximum atomic E-state index is 15.2. The van der Waals surface area contributed by atoms with Crippen LogP contribution in [0.1, 0.15) is 42.7 Å². The second kappa shape index (κ2) is 12.7. The molecule has 0 N–H and O–H groups in total. The molecule has 242 valence electrons. The minimum absolute atomic E-state index is 0.0907. The van der Waals surface area contributed by atoms with E-state index in [1.54, 1.807) is 6.07 Å². The van der Waals surface area contributed by atoms with Crippen LogP contribution in [0, 0.1) is 35.0 Å². The van der Waals surface area contributed by atoms with Gasteiger partial charge in [0, 0.05) is 17.2 Å². The summed E-state index contributed by atoms with van der Waals surface area (Å²) in [7, 11) is 0. The summed E-state index contributed by atoms with van der Waals surface area (Å²) in [6.45, 7) is 3.82. The summed E-state index contributed by atoms with van der Waals surface area (Å²) in [5.74, 6) is -8.84. The number of hydrogen-bond acceptors (Lipinski definition) is 2. The molecule has 0 saturated heterocycles. The third-order valence-corrected chi connectivity index (χ3v) is 7.87. The molecule has 4 aromatic carbocycles. The van der Waals surface area contributed by atoms with E-state index in [-0.39, 0.29) is 28.7 Å². The third kappa shape index (κ3) is 7.16. The van der Waals surface area contributed by atoms with Gasteiger partial charge in [0.05, 0.1) is 0 Å². The number of benzene rings is 4. The predicted molar refractivity (Wildman–Crippen MR) is 150 cm³/mol. The first kappa shape index (κ1) is 32.9. The van der Waals surface area contributed by atoms with Crippen LogP contribution < -0.4 is 9.47 Å². The number of ether oxygens (including phenoxy) is 2. The fraction of sp³-hybridized carbons (Fsp3) is 0.235. The molecular formula is C34H24F10O2. The van der Waals surface area contributed by atoms with Crippen LogP contribution >= 0.6 is 0 Å². The maximum Gasteiger partial charge on any atom is 0.573 e. The van der Waals surface area contributed by atoms with E-state index < -0.39 is 64.2 Å². The van der Waals surface area contributed by atoms with Crippen molar-refractivity contribution >= 4 is 0 Å². The van der Waals surface area contributed by atoms with Crippen molar-refractivity contribution in [1.82, 2.24) is 0 Å². The van der Waals surface area contributed by atoms with Crippen molar-refractivity contribution in [3.63, 3.8) is 0 Å². The average molecular weight is 655 g/mol. The second-order valence-electron chi connectivity index (χ2n) is 10.9. The smallest absolute Gasteiger partial charge is 0.429 e. The molecule has 0 aromatic heterocycles. The first-order valence-corrected chi connectivity index (χ1v) is 14.0. The first-order valence-electron chi connectivity index (χ1n) is 14.0. The lowest BCUT2D eigenvalue weighted by atomic mass is 9.78. The zero-order chi connectivity index (χ0) is 33.4. The molecule has 0 amide bonds. The normalized spacial score (nSPS) is 17.1. The summed E-state index contributed by atoms with van der Waals surface area (Å²) in [5.41, 5.74) is -1.71. The molecule has 1 saturated carbocycles. The topological polar surface area (TPSA) is 18.5 Å². The minimum Gasteiger partial charge on any atom is -0.429 e. The van der Waals surface area contributed by atoms with Gasteiger partial charge in [-0.3, -0.25) is 0 Å². The van der Waals surface area contributed by atoms with E-state index in [1.165, 1.54) is 18.2 Å². The van der Waals surface area contributed by atoms with Crippen LogP contribution in [0.4, 0.5) is 43.9 Å². The summed E-state index contributed by atoms with van der Waals surface area (Å²) in [5, 5.41) is 0. The SMILES string of the molecule is C=CC1CCC(c2ccc(-c3ccc(-c4cc(F)c(C(F)(F)Oc5ccc(OC(F)(F)F)c(F)c5)c(F)c4)c(F)c3)c(F)c2)CC1. The summed E-state index contributed by atoms with van der Waals surface area (Å²) in [4.78, 5) is 0. The van der Waals surface area contributed by atoms with E-state index in [2.05, 4.69) is 16.1 Å². The highest BCUT2D eigenvalue weighted by molar-refractivity contribution is 5.72. The van der Waals surface area contributed by atoms with Crippen LogP contribution in [0.3, 0.4) is 0 Å². The van der Waals surface area contributed by atoms with Gasteiger partial charge in [-0.05, 0) is 90.6 Å². The second-order valence-corrected chi connectivity index (χ2v) is 10.9. The molecule has 0 aliphatic heterocycles. The molecule has 1 fully saturated rings. The number of allylic oxidation sites excluding steroid dienone is 1. The van der Waals surface area contributed by atoms with Gasteiger partial charge in [0.25, 0.3) is 0 Å². The number of alkyl halides is 5. The molecule has 0 bridgehead atoms. The van der Waals surface area contributed by atoms with Crippen molar-refractivity contribution in [2.24, 2.45) is 5.92 Å². The number of halogens is 10. The number of hydrogen-bond donors (Lipinski definition) is 0. The lowest BCUT2D eigenvalue weighted by Crippen LogP contribution is -2.25. The highest BCUT2D eigenvalue weighted by Crippen LogP contribution is 2.40. The van der Waals surface area contributed by atoms with Crippen LogP contribution in [0.25, 0.3) is 22.3 Å². The van der Waals surface area contributed by atoms with E-state index >= 15 is 8.78 Å².